The van der Waals surface area contributed by atoms with E-state index in [-0.39, 0.29) is 5.78 Å². The molecule has 0 radical (unpaired) electrons. The number of hydrogen-bond donors (Lipinski definition) is 1. The Morgan fingerprint density at radius 1 is 1.00 bits per heavy atom. The molecule has 0 spiro atoms. The molecule has 0 saturated carbocycles. The molecule has 1 N–H and O–H groups in total. The van der Waals surface area contributed by atoms with E-state index in [9.17, 15) is 19.2 Å². The van der Waals surface area contributed by atoms with Gasteiger partial charge in [-0.25, -0.2) is 9.59 Å². The first-order valence-electron chi connectivity index (χ1n) is 8.79. The highest BCUT2D eigenvalue weighted by atomic mass is 16.5. The van der Waals surface area contributed by atoms with Gasteiger partial charge in [-0.1, -0.05) is 24.3 Å². The molecule has 0 aromatic heterocycles. The highest BCUT2D eigenvalue weighted by Crippen LogP contribution is 2.16. The van der Waals surface area contributed by atoms with Crippen molar-refractivity contribution in [3.05, 3.63) is 71.3 Å². The van der Waals surface area contributed by atoms with Crippen LogP contribution < -0.4 is 5.32 Å². The number of carbonyl (C=O) groups excluding carboxylic acids is 4. The van der Waals surface area contributed by atoms with Gasteiger partial charge in [0.2, 0.25) is 0 Å². The molecule has 0 aliphatic rings. The van der Waals surface area contributed by atoms with Crippen molar-refractivity contribution in [2.24, 2.45) is 0 Å². The van der Waals surface area contributed by atoms with Gasteiger partial charge in [0, 0.05) is 11.6 Å². The quantitative estimate of drug-likeness (QED) is 0.439. The fourth-order valence-corrected chi connectivity index (χ4v) is 2.41. The first-order valence-corrected chi connectivity index (χ1v) is 8.79. The van der Waals surface area contributed by atoms with Gasteiger partial charge >= 0.3 is 11.9 Å². The number of carbonyl (C=O) groups is 4. The zero-order chi connectivity index (χ0) is 21.4. The van der Waals surface area contributed by atoms with Crippen LogP contribution in [0.15, 0.2) is 54.6 Å². The molecule has 150 valence electrons. The van der Waals surface area contributed by atoms with Crippen molar-refractivity contribution in [1.82, 2.24) is 0 Å². The SMILES string of the molecule is COC(=O)c1ccc(/C=C/C(=O)O[C@@H](C)C(=O)Nc2ccccc2C(C)=O)cc1. The molecule has 2 aromatic rings. The lowest BCUT2D eigenvalue weighted by Crippen LogP contribution is -2.30. The van der Waals surface area contributed by atoms with Gasteiger partial charge in [-0.15, -0.1) is 0 Å². The highest BCUT2D eigenvalue weighted by Gasteiger charge is 2.18. The number of nitrogens with one attached hydrogen (secondary N) is 1. The Kier molecular flexibility index (Phi) is 7.42. The van der Waals surface area contributed by atoms with E-state index in [1.165, 1.54) is 33.1 Å². The largest absolute Gasteiger partial charge is 0.465 e. The summed E-state index contributed by atoms with van der Waals surface area (Å²) in [4.78, 5) is 47.2. The molecule has 0 aliphatic heterocycles. The van der Waals surface area contributed by atoms with Gasteiger partial charge in [0.1, 0.15) is 0 Å². The predicted molar refractivity (Wildman–Crippen MR) is 107 cm³/mol. The summed E-state index contributed by atoms with van der Waals surface area (Å²) in [7, 11) is 1.29. The topological polar surface area (TPSA) is 98.8 Å². The van der Waals surface area contributed by atoms with Crippen molar-refractivity contribution in [3.8, 4) is 0 Å². The molecule has 1 amide bonds. The second kappa shape index (κ2) is 9.98. The van der Waals surface area contributed by atoms with Gasteiger partial charge < -0.3 is 14.8 Å². The smallest absolute Gasteiger partial charge is 0.337 e. The number of anilines is 1. The maximum absolute atomic E-state index is 12.3. The van der Waals surface area contributed by atoms with Crippen molar-refractivity contribution >= 4 is 35.4 Å². The fraction of sp³-hybridized carbons (Fsp3) is 0.182. The van der Waals surface area contributed by atoms with Crippen LogP contribution in [-0.2, 0) is 19.1 Å². The van der Waals surface area contributed by atoms with E-state index in [1.807, 2.05) is 0 Å². The Morgan fingerprint density at radius 3 is 2.28 bits per heavy atom. The first kappa shape index (κ1) is 21.6. The molecule has 0 saturated heterocycles. The average molecular weight is 395 g/mol. The second-order valence-electron chi connectivity index (χ2n) is 6.12. The molecule has 2 aromatic carbocycles. The molecule has 0 aliphatic carbocycles. The third-order valence-corrected chi connectivity index (χ3v) is 3.97. The van der Waals surface area contributed by atoms with Crippen LogP contribution in [0.2, 0.25) is 0 Å². The molecule has 0 bridgehead atoms. The van der Waals surface area contributed by atoms with E-state index in [4.69, 9.17) is 4.74 Å². The summed E-state index contributed by atoms with van der Waals surface area (Å²) < 4.78 is 9.70. The van der Waals surface area contributed by atoms with E-state index < -0.39 is 23.9 Å². The number of amides is 1. The summed E-state index contributed by atoms with van der Waals surface area (Å²) in [6, 6.07) is 13.0. The molecule has 7 heteroatoms. The fourth-order valence-electron chi connectivity index (χ4n) is 2.41. The van der Waals surface area contributed by atoms with E-state index in [1.54, 1.807) is 48.5 Å². The van der Waals surface area contributed by atoms with Crippen molar-refractivity contribution < 1.29 is 28.7 Å². The van der Waals surface area contributed by atoms with Crippen LogP contribution in [0, 0.1) is 0 Å². The summed E-state index contributed by atoms with van der Waals surface area (Å²) in [5, 5.41) is 2.59. The summed E-state index contributed by atoms with van der Waals surface area (Å²) >= 11 is 0. The molecule has 0 fully saturated rings. The maximum Gasteiger partial charge on any atom is 0.337 e. The zero-order valence-corrected chi connectivity index (χ0v) is 16.3. The number of Topliss-reactive ketones (excluding diaryl/α,β-unsaturated/α-hetero) is 1. The average Bonchev–Trinajstić information content (AvgIpc) is 2.72. The first-order chi connectivity index (χ1) is 13.8. The van der Waals surface area contributed by atoms with Crippen LogP contribution in [0.1, 0.15) is 40.1 Å². The third-order valence-electron chi connectivity index (χ3n) is 3.97. The lowest BCUT2D eigenvalue weighted by Gasteiger charge is -2.14. The molecular weight excluding hydrogens is 374 g/mol. The number of hydrogen-bond acceptors (Lipinski definition) is 6. The van der Waals surface area contributed by atoms with E-state index in [2.05, 4.69) is 10.1 Å². The Morgan fingerprint density at radius 2 is 1.66 bits per heavy atom. The Labute approximate surface area is 168 Å². The molecule has 1 atom stereocenters. The number of ether oxygens (including phenoxy) is 2. The lowest BCUT2D eigenvalue weighted by atomic mass is 10.1. The standard InChI is InChI=1S/C22H21NO6/c1-14(24)18-6-4-5-7-19(18)23-21(26)15(2)29-20(25)13-10-16-8-11-17(12-9-16)22(27)28-3/h4-13,15H,1-3H3,(H,23,26)/b13-10+/t15-/m0/s1. The number of benzene rings is 2. The molecule has 0 unspecified atom stereocenters. The molecule has 7 nitrogen and oxygen atoms in total. The van der Waals surface area contributed by atoms with Gasteiger partial charge in [-0.2, -0.15) is 0 Å². The normalized spacial score (nSPS) is 11.6. The lowest BCUT2D eigenvalue weighted by molar-refractivity contribution is -0.148. The molecule has 2 rings (SSSR count). The van der Waals surface area contributed by atoms with Crippen LogP contribution in [0.3, 0.4) is 0 Å². The minimum Gasteiger partial charge on any atom is -0.465 e. The summed E-state index contributed by atoms with van der Waals surface area (Å²) in [6.07, 6.45) is 1.62. The van der Waals surface area contributed by atoms with Gasteiger partial charge in [-0.3, -0.25) is 9.59 Å². The molecular formula is C22H21NO6. The zero-order valence-electron chi connectivity index (χ0n) is 16.3. The number of methoxy groups -OCH3 is 1. The maximum atomic E-state index is 12.3. The van der Waals surface area contributed by atoms with Crippen LogP contribution in [0.5, 0.6) is 0 Å². The minimum absolute atomic E-state index is 0.188. The second-order valence-corrected chi connectivity index (χ2v) is 6.12. The minimum atomic E-state index is -1.06. The Bertz CT molecular complexity index is 946. The van der Waals surface area contributed by atoms with Gasteiger partial charge in [-0.05, 0) is 49.8 Å². The number of ketones is 1. The predicted octanol–water partition coefficient (Wildman–Crippen LogP) is 3.26. The summed E-state index contributed by atoms with van der Waals surface area (Å²) in [6.45, 7) is 2.83. The summed E-state index contributed by atoms with van der Waals surface area (Å²) in [5.41, 5.74) is 1.79. The van der Waals surface area contributed by atoms with Crippen molar-refractivity contribution in [2.75, 3.05) is 12.4 Å². The Hall–Kier alpha value is -3.74. The van der Waals surface area contributed by atoms with Gasteiger partial charge in [0.15, 0.2) is 11.9 Å². The van der Waals surface area contributed by atoms with Crippen LogP contribution >= 0.6 is 0 Å². The molecule has 0 heterocycles. The van der Waals surface area contributed by atoms with E-state index >= 15 is 0 Å². The Balaban J connectivity index is 1.94. The van der Waals surface area contributed by atoms with Crippen molar-refractivity contribution in [1.29, 1.82) is 0 Å². The number of esters is 2. The van der Waals surface area contributed by atoms with Crippen LogP contribution in [0.4, 0.5) is 5.69 Å². The van der Waals surface area contributed by atoms with Crippen LogP contribution in [-0.4, -0.2) is 36.8 Å². The van der Waals surface area contributed by atoms with Crippen molar-refractivity contribution in [2.45, 2.75) is 20.0 Å². The van der Waals surface area contributed by atoms with Crippen LogP contribution in [0.25, 0.3) is 6.08 Å². The summed E-state index contributed by atoms with van der Waals surface area (Å²) in [5.74, 6) is -1.90. The van der Waals surface area contributed by atoms with Crippen molar-refractivity contribution in [3.63, 3.8) is 0 Å². The highest BCUT2D eigenvalue weighted by molar-refractivity contribution is 6.05. The van der Waals surface area contributed by atoms with E-state index in [0.29, 0.717) is 22.4 Å². The van der Waals surface area contributed by atoms with Gasteiger partial charge in [0.25, 0.3) is 5.91 Å². The monoisotopic (exact) mass is 395 g/mol. The molecule has 29 heavy (non-hydrogen) atoms. The number of rotatable bonds is 7. The third kappa shape index (κ3) is 6.14. The van der Waals surface area contributed by atoms with Gasteiger partial charge in [0.05, 0.1) is 18.4 Å². The van der Waals surface area contributed by atoms with E-state index in [0.717, 1.165) is 0 Å². The number of para-hydroxylation sites is 1.